The summed E-state index contributed by atoms with van der Waals surface area (Å²) in [5, 5.41) is 1.38. The van der Waals surface area contributed by atoms with E-state index in [2.05, 4.69) is 59.3 Å². The van der Waals surface area contributed by atoms with E-state index in [-0.39, 0.29) is 0 Å². The van der Waals surface area contributed by atoms with Gasteiger partial charge in [0.05, 0.1) is 0 Å². The highest BCUT2D eigenvalue weighted by Crippen LogP contribution is 2.19. The molecule has 1 N–H and O–H groups in total. The van der Waals surface area contributed by atoms with Crippen molar-refractivity contribution in [2.45, 2.75) is 18.9 Å². The van der Waals surface area contributed by atoms with Crippen LogP contribution in [0.2, 0.25) is 0 Å². The molecular weight excluding hydrogens is 234 g/mol. The highest BCUT2D eigenvalue weighted by atomic mass is 15.2. The smallest absolute Gasteiger partial charge is 0.0456 e. The molecule has 2 heterocycles. The van der Waals surface area contributed by atoms with Crippen LogP contribution in [0.4, 0.5) is 0 Å². The SMILES string of the molecule is CN(C)C1CCN(CCc2c[nH]c3ccccc23)C1. The van der Waals surface area contributed by atoms with Crippen molar-refractivity contribution in [1.29, 1.82) is 0 Å². The van der Waals surface area contributed by atoms with Gasteiger partial charge in [0, 0.05) is 36.2 Å². The Hall–Kier alpha value is -1.32. The molecule has 0 radical (unpaired) electrons. The van der Waals surface area contributed by atoms with Crippen molar-refractivity contribution in [1.82, 2.24) is 14.8 Å². The molecule has 1 atom stereocenters. The van der Waals surface area contributed by atoms with E-state index < -0.39 is 0 Å². The van der Waals surface area contributed by atoms with E-state index in [1.54, 1.807) is 0 Å². The molecule has 0 aliphatic carbocycles. The molecule has 102 valence electrons. The summed E-state index contributed by atoms with van der Waals surface area (Å²) < 4.78 is 0. The molecule has 19 heavy (non-hydrogen) atoms. The number of nitrogens with one attached hydrogen (secondary N) is 1. The second-order valence-corrected chi connectivity index (χ2v) is 5.82. The van der Waals surface area contributed by atoms with Gasteiger partial charge in [0.25, 0.3) is 0 Å². The Balaban J connectivity index is 1.61. The Bertz CT molecular complexity index is 544. The predicted molar refractivity (Wildman–Crippen MR) is 80.5 cm³/mol. The third kappa shape index (κ3) is 2.67. The van der Waals surface area contributed by atoms with Crippen LogP contribution in [0, 0.1) is 0 Å². The molecule has 0 amide bonds. The van der Waals surface area contributed by atoms with Gasteiger partial charge in [-0.25, -0.2) is 0 Å². The summed E-state index contributed by atoms with van der Waals surface area (Å²) in [5.41, 5.74) is 2.70. The molecule has 1 saturated heterocycles. The lowest BCUT2D eigenvalue weighted by molar-refractivity contribution is 0.270. The maximum Gasteiger partial charge on any atom is 0.0456 e. The van der Waals surface area contributed by atoms with Crippen LogP contribution in [0.15, 0.2) is 30.5 Å². The van der Waals surface area contributed by atoms with Gasteiger partial charge in [0.1, 0.15) is 0 Å². The van der Waals surface area contributed by atoms with Crippen LogP contribution < -0.4 is 0 Å². The summed E-state index contributed by atoms with van der Waals surface area (Å²) in [6.45, 7) is 3.63. The first kappa shape index (κ1) is 12.7. The lowest BCUT2D eigenvalue weighted by Gasteiger charge is -2.20. The quantitative estimate of drug-likeness (QED) is 0.908. The third-order valence-corrected chi connectivity index (χ3v) is 4.35. The Morgan fingerprint density at radius 2 is 2.16 bits per heavy atom. The Labute approximate surface area is 115 Å². The van der Waals surface area contributed by atoms with Crippen LogP contribution in [-0.2, 0) is 6.42 Å². The van der Waals surface area contributed by atoms with Crippen molar-refractivity contribution in [2.75, 3.05) is 33.7 Å². The number of aromatic nitrogens is 1. The molecule has 1 aliphatic rings. The number of nitrogens with zero attached hydrogens (tertiary/aromatic N) is 2. The van der Waals surface area contributed by atoms with E-state index >= 15 is 0 Å². The van der Waals surface area contributed by atoms with Gasteiger partial charge in [-0.1, -0.05) is 18.2 Å². The second-order valence-electron chi connectivity index (χ2n) is 5.82. The molecule has 3 rings (SSSR count). The molecule has 1 aromatic heterocycles. The molecule has 0 spiro atoms. The van der Waals surface area contributed by atoms with Crippen LogP contribution in [0.5, 0.6) is 0 Å². The largest absolute Gasteiger partial charge is 0.361 e. The molecular formula is C16H23N3. The minimum atomic E-state index is 0.739. The lowest BCUT2D eigenvalue weighted by atomic mass is 10.1. The number of hydrogen-bond acceptors (Lipinski definition) is 2. The van der Waals surface area contributed by atoms with Crippen LogP contribution in [0.1, 0.15) is 12.0 Å². The summed E-state index contributed by atoms with van der Waals surface area (Å²) in [7, 11) is 4.38. The number of fused-ring (bicyclic) bond motifs is 1. The van der Waals surface area contributed by atoms with Crippen molar-refractivity contribution in [3.8, 4) is 0 Å². The lowest BCUT2D eigenvalue weighted by Crippen LogP contribution is -2.32. The number of aromatic amines is 1. The van der Waals surface area contributed by atoms with E-state index in [1.807, 2.05) is 0 Å². The van der Waals surface area contributed by atoms with E-state index in [0.717, 1.165) is 12.5 Å². The van der Waals surface area contributed by atoms with E-state index in [0.29, 0.717) is 0 Å². The number of likely N-dealkylation sites (N-methyl/N-ethyl adjacent to an activating group) is 1. The van der Waals surface area contributed by atoms with Crippen molar-refractivity contribution in [3.63, 3.8) is 0 Å². The molecule has 0 bridgehead atoms. The first-order valence-corrected chi connectivity index (χ1v) is 7.18. The second kappa shape index (κ2) is 5.35. The fourth-order valence-corrected chi connectivity index (χ4v) is 3.05. The number of H-pyrrole nitrogens is 1. The summed E-state index contributed by atoms with van der Waals surface area (Å²) in [4.78, 5) is 8.31. The average molecular weight is 257 g/mol. The summed E-state index contributed by atoms with van der Waals surface area (Å²) >= 11 is 0. The molecule has 1 unspecified atom stereocenters. The monoisotopic (exact) mass is 257 g/mol. The zero-order chi connectivity index (χ0) is 13.2. The maximum atomic E-state index is 3.36. The number of benzene rings is 1. The first-order valence-electron chi connectivity index (χ1n) is 7.18. The summed E-state index contributed by atoms with van der Waals surface area (Å²) in [6, 6.07) is 9.32. The Morgan fingerprint density at radius 1 is 1.32 bits per heavy atom. The molecule has 3 heteroatoms. The highest BCUT2D eigenvalue weighted by molar-refractivity contribution is 5.83. The minimum absolute atomic E-state index is 0.739. The molecule has 1 aliphatic heterocycles. The number of hydrogen-bond donors (Lipinski definition) is 1. The van der Waals surface area contributed by atoms with Crippen LogP contribution >= 0.6 is 0 Å². The predicted octanol–water partition coefficient (Wildman–Crippen LogP) is 2.35. The molecule has 3 nitrogen and oxygen atoms in total. The molecule has 1 fully saturated rings. The third-order valence-electron chi connectivity index (χ3n) is 4.35. The van der Waals surface area contributed by atoms with Gasteiger partial charge >= 0.3 is 0 Å². The fourth-order valence-electron chi connectivity index (χ4n) is 3.05. The summed E-state index contributed by atoms with van der Waals surface area (Å²) in [6.07, 6.45) is 4.62. The average Bonchev–Trinajstić information content (AvgIpc) is 3.03. The van der Waals surface area contributed by atoms with Crippen molar-refractivity contribution >= 4 is 10.9 Å². The fraction of sp³-hybridized carbons (Fsp3) is 0.500. The minimum Gasteiger partial charge on any atom is -0.361 e. The highest BCUT2D eigenvalue weighted by Gasteiger charge is 2.23. The number of rotatable bonds is 4. The maximum absolute atomic E-state index is 3.36. The van der Waals surface area contributed by atoms with Gasteiger partial charge in [-0.15, -0.1) is 0 Å². The van der Waals surface area contributed by atoms with Gasteiger partial charge in [-0.05, 0) is 45.1 Å². The van der Waals surface area contributed by atoms with E-state index in [1.165, 1.54) is 42.5 Å². The topological polar surface area (TPSA) is 22.3 Å². The number of para-hydroxylation sites is 1. The van der Waals surface area contributed by atoms with Crippen molar-refractivity contribution < 1.29 is 0 Å². The molecule has 1 aromatic carbocycles. The van der Waals surface area contributed by atoms with Crippen LogP contribution in [0.3, 0.4) is 0 Å². The Kier molecular flexibility index (Phi) is 3.58. The van der Waals surface area contributed by atoms with Gasteiger partial charge in [-0.2, -0.15) is 0 Å². The van der Waals surface area contributed by atoms with E-state index in [9.17, 15) is 0 Å². The standard InChI is InChI=1S/C16H23N3/c1-18(2)14-8-10-19(12-14)9-7-13-11-17-16-6-4-3-5-15(13)16/h3-6,11,14,17H,7-10,12H2,1-2H3. The van der Waals surface area contributed by atoms with Gasteiger partial charge in [0.2, 0.25) is 0 Å². The zero-order valence-corrected chi connectivity index (χ0v) is 11.9. The first-order chi connectivity index (χ1) is 9.24. The number of likely N-dealkylation sites (tertiary alicyclic amines) is 1. The van der Waals surface area contributed by atoms with Gasteiger partial charge in [-0.3, -0.25) is 0 Å². The zero-order valence-electron chi connectivity index (χ0n) is 11.9. The van der Waals surface area contributed by atoms with Crippen molar-refractivity contribution in [3.05, 3.63) is 36.0 Å². The molecule has 2 aromatic rings. The van der Waals surface area contributed by atoms with Crippen LogP contribution in [0.25, 0.3) is 10.9 Å². The molecule has 0 saturated carbocycles. The summed E-state index contributed by atoms with van der Waals surface area (Å²) in [5.74, 6) is 0. The Morgan fingerprint density at radius 3 is 2.95 bits per heavy atom. The van der Waals surface area contributed by atoms with Crippen LogP contribution in [-0.4, -0.2) is 54.6 Å². The van der Waals surface area contributed by atoms with Gasteiger partial charge in [0.15, 0.2) is 0 Å². The van der Waals surface area contributed by atoms with Gasteiger partial charge < -0.3 is 14.8 Å². The van der Waals surface area contributed by atoms with E-state index in [4.69, 9.17) is 0 Å². The van der Waals surface area contributed by atoms with Crippen molar-refractivity contribution in [2.24, 2.45) is 0 Å². The normalized spacial score (nSPS) is 20.7.